The van der Waals surface area contributed by atoms with E-state index in [-0.39, 0.29) is 6.04 Å². The smallest absolute Gasteiger partial charge is 0.109 e. The highest BCUT2D eigenvalue weighted by atomic mass is 15.1. The summed E-state index contributed by atoms with van der Waals surface area (Å²) in [5, 5.41) is 0. The molecule has 2 atom stereocenters. The number of nitrogens with zero attached hydrogens (tertiary/aromatic N) is 2. The van der Waals surface area contributed by atoms with Crippen molar-refractivity contribution in [3.05, 3.63) is 30.1 Å². The molecule has 2 unspecified atom stereocenters. The first-order valence-corrected chi connectivity index (χ1v) is 6.24. The Morgan fingerprint density at radius 3 is 2.65 bits per heavy atom. The van der Waals surface area contributed by atoms with Gasteiger partial charge in [0.15, 0.2) is 0 Å². The summed E-state index contributed by atoms with van der Waals surface area (Å²) < 4.78 is 2.19. The maximum Gasteiger partial charge on any atom is 0.109 e. The minimum Gasteiger partial charge on any atom is -0.331 e. The third-order valence-electron chi connectivity index (χ3n) is 3.18. The molecule has 2 rings (SSSR count). The number of aromatic nitrogens is 2. The SMILES string of the molecule is CC(N)CC(C)Cc1nc2ccccc2n1C. The Morgan fingerprint density at radius 1 is 1.29 bits per heavy atom. The topological polar surface area (TPSA) is 43.8 Å². The fraction of sp³-hybridized carbons (Fsp3) is 0.500. The molecule has 0 fully saturated rings. The van der Waals surface area contributed by atoms with Crippen molar-refractivity contribution in [2.75, 3.05) is 0 Å². The van der Waals surface area contributed by atoms with Gasteiger partial charge in [0.2, 0.25) is 0 Å². The van der Waals surface area contributed by atoms with Gasteiger partial charge in [0.05, 0.1) is 11.0 Å². The summed E-state index contributed by atoms with van der Waals surface area (Å²) in [4.78, 5) is 4.68. The fourth-order valence-electron chi connectivity index (χ4n) is 2.41. The van der Waals surface area contributed by atoms with Gasteiger partial charge in [-0.2, -0.15) is 0 Å². The van der Waals surface area contributed by atoms with Crippen LogP contribution in [0.4, 0.5) is 0 Å². The molecular formula is C14H21N3. The Hall–Kier alpha value is -1.35. The van der Waals surface area contributed by atoms with E-state index in [2.05, 4.69) is 48.6 Å². The van der Waals surface area contributed by atoms with Crippen molar-refractivity contribution in [2.24, 2.45) is 18.7 Å². The first-order valence-electron chi connectivity index (χ1n) is 6.24. The maximum atomic E-state index is 5.83. The van der Waals surface area contributed by atoms with E-state index >= 15 is 0 Å². The van der Waals surface area contributed by atoms with Crippen LogP contribution in [0.2, 0.25) is 0 Å². The number of fused-ring (bicyclic) bond motifs is 1. The number of hydrogen-bond donors (Lipinski definition) is 1. The molecule has 0 radical (unpaired) electrons. The molecule has 3 heteroatoms. The van der Waals surface area contributed by atoms with Crippen molar-refractivity contribution in [1.82, 2.24) is 9.55 Å². The lowest BCUT2D eigenvalue weighted by atomic mass is 9.99. The molecule has 1 heterocycles. The Balaban J connectivity index is 2.21. The number of nitrogens with two attached hydrogens (primary N) is 1. The summed E-state index contributed by atoms with van der Waals surface area (Å²) in [7, 11) is 2.09. The molecular weight excluding hydrogens is 210 g/mol. The van der Waals surface area contributed by atoms with E-state index in [0.717, 1.165) is 24.2 Å². The Kier molecular flexibility index (Phi) is 3.48. The zero-order valence-electron chi connectivity index (χ0n) is 10.9. The minimum absolute atomic E-state index is 0.264. The summed E-state index contributed by atoms with van der Waals surface area (Å²) >= 11 is 0. The predicted octanol–water partition coefficient (Wildman–Crippen LogP) is 2.49. The van der Waals surface area contributed by atoms with Crippen LogP contribution >= 0.6 is 0 Å². The summed E-state index contributed by atoms with van der Waals surface area (Å²) in [5.74, 6) is 1.73. The molecule has 1 aromatic heterocycles. The highest BCUT2D eigenvalue weighted by molar-refractivity contribution is 5.75. The van der Waals surface area contributed by atoms with Gasteiger partial charge in [-0.25, -0.2) is 4.98 Å². The molecule has 0 aliphatic rings. The Bertz CT molecular complexity index is 499. The molecule has 92 valence electrons. The van der Waals surface area contributed by atoms with Crippen LogP contribution in [0, 0.1) is 5.92 Å². The first-order chi connectivity index (χ1) is 8.08. The van der Waals surface area contributed by atoms with Gasteiger partial charge in [0.25, 0.3) is 0 Å². The van der Waals surface area contributed by atoms with Crippen LogP contribution in [0.25, 0.3) is 11.0 Å². The van der Waals surface area contributed by atoms with Crippen LogP contribution in [-0.2, 0) is 13.5 Å². The molecule has 2 aromatic rings. The quantitative estimate of drug-likeness (QED) is 0.878. The average molecular weight is 231 g/mol. The number of hydrogen-bond acceptors (Lipinski definition) is 2. The minimum atomic E-state index is 0.264. The van der Waals surface area contributed by atoms with E-state index in [1.165, 1.54) is 5.52 Å². The maximum absolute atomic E-state index is 5.83. The molecule has 1 aromatic carbocycles. The van der Waals surface area contributed by atoms with Crippen molar-refractivity contribution < 1.29 is 0 Å². The summed E-state index contributed by atoms with van der Waals surface area (Å²) in [6.07, 6.45) is 2.04. The van der Waals surface area contributed by atoms with Crippen LogP contribution < -0.4 is 5.73 Å². The van der Waals surface area contributed by atoms with Crippen LogP contribution in [0.3, 0.4) is 0 Å². The zero-order valence-corrected chi connectivity index (χ0v) is 10.9. The molecule has 17 heavy (non-hydrogen) atoms. The van der Waals surface area contributed by atoms with E-state index in [1.807, 2.05) is 6.07 Å². The highest BCUT2D eigenvalue weighted by Gasteiger charge is 2.12. The highest BCUT2D eigenvalue weighted by Crippen LogP contribution is 2.18. The molecule has 0 aliphatic carbocycles. The van der Waals surface area contributed by atoms with E-state index in [1.54, 1.807) is 0 Å². The molecule has 0 aliphatic heterocycles. The lowest BCUT2D eigenvalue weighted by Gasteiger charge is -2.13. The van der Waals surface area contributed by atoms with Crippen LogP contribution in [0.5, 0.6) is 0 Å². The van der Waals surface area contributed by atoms with E-state index in [0.29, 0.717) is 5.92 Å². The average Bonchev–Trinajstić information content (AvgIpc) is 2.55. The molecule has 0 saturated carbocycles. The number of imidazole rings is 1. The number of benzene rings is 1. The lowest BCUT2D eigenvalue weighted by molar-refractivity contribution is 0.466. The molecule has 3 nitrogen and oxygen atoms in total. The second kappa shape index (κ2) is 4.88. The van der Waals surface area contributed by atoms with Crippen molar-refractivity contribution in [3.63, 3.8) is 0 Å². The summed E-state index contributed by atoms with van der Waals surface area (Å²) in [6.45, 7) is 4.30. The van der Waals surface area contributed by atoms with E-state index in [9.17, 15) is 0 Å². The lowest BCUT2D eigenvalue weighted by Crippen LogP contribution is -2.20. The van der Waals surface area contributed by atoms with Crippen LogP contribution in [0.15, 0.2) is 24.3 Å². The van der Waals surface area contributed by atoms with E-state index in [4.69, 9.17) is 5.73 Å². The van der Waals surface area contributed by atoms with Crippen molar-refractivity contribution in [3.8, 4) is 0 Å². The van der Waals surface area contributed by atoms with Crippen molar-refractivity contribution in [2.45, 2.75) is 32.7 Å². The third-order valence-corrected chi connectivity index (χ3v) is 3.18. The molecule has 0 saturated heterocycles. The number of para-hydroxylation sites is 2. The fourth-order valence-corrected chi connectivity index (χ4v) is 2.41. The molecule has 2 N–H and O–H groups in total. The summed E-state index contributed by atoms with van der Waals surface area (Å²) in [5.41, 5.74) is 8.12. The number of aryl methyl sites for hydroxylation is 1. The molecule has 0 amide bonds. The van der Waals surface area contributed by atoms with Gasteiger partial charge >= 0.3 is 0 Å². The zero-order chi connectivity index (χ0) is 12.4. The standard InChI is InChI=1S/C14H21N3/c1-10(8-11(2)15)9-14-16-12-6-4-5-7-13(12)17(14)3/h4-7,10-11H,8-9,15H2,1-3H3. The van der Waals surface area contributed by atoms with Crippen LogP contribution in [-0.4, -0.2) is 15.6 Å². The van der Waals surface area contributed by atoms with Crippen molar-refractivity contribution >= 4 is 11.0 Å². The van der Waals surface area contributed by atoms with Gasteiger partial charge in [-0.1, -0.05) is 19.1 Å². The van der Waals surface area contributed by atoms with Gasteiger partial charge in [-0.05, 0) is 31.4 Å². The first kappa shape index (κ1) is 12.1. The number of rotatable bonds is 4. The van der Waals surface area contributed by atoms with Crippen LogP contribution in [0.1, 0.15) is 26.1 Å². The largest absolute Gasteiger partial charge is 0.331 e. The second-order valence-corrected chi connectivity index (χ2v) is 5.10. The van der Waals surface area contributed by atoms with Gasteiger partial charge in [0.1, 0.15) is 5.82 Å². The molecule has 0 bridgehead atoms. The third kappa shape index (κ3) is 2.67. The Morgan fingerprint density at radius 2 is 2.00 bits per heavy atom. The van der Waals surface area contributed by atoms with E-state index < -0.39 is 0 Å². The monoisotopic (exact) mass is 231 g/mol. The van der Waals surface area contributed by atoms with Crippen molar-refractivity contribution in [1.29, 1.82) is 0 Å². The Labute approximate surface area is 103 Å². The van der Waals surface area contributed by atoms with Gasteiger partial charge in [-0.3, -0.25) is 0 Å². The predicted molar refractivity (Wildman–Crippen MR) is 71.8 cm³/mol. The van der Waals surface area contributed by atoms with Gasteiger partial charge in [0, 0.05) is 19.5 Å². The molecule has 0 spiro atoms. The normalized spacial score (nSPS) is 15.1. The summed E-state index contributed by atoms with van der Waals surface area (Å²) in [6, 6.07) is 8.53. The van der Waals surface area contributed by atoms with Gasteiger partial charge in [-0.15, -0.1) is 0 Å². The van der Waals surface area contributed by atoms with Gasteiger partial charge < -0.3 is 10.3 Å². The second-order valence-electron chi connectivity index (χ2n) is 5.10.